The first-order chi connectivity index (χ1) is 13.4. The van der Waals surface area contributed by atoms with Crippen LogP contribution >= 0.6 is 11.8 Å². The largest absolute Gasteiger partial charge is 0.494 e. The maximum Gasteiger partial charge on any atom is 0.272 e. The number of para-hydroxylation sites is 1. The molecule has 0 bridgehead atoms. The summed E-state index contributed by atoms with van der Waals surface area (Å²) in [5.41, 5.74) is 2.73. The van der Waals surface area contributed by atoms with Gasteiger partial charge in [-0.25, -0.2) is 4.90 Å². The number of nitrogens with zero attached hydrogens (tertiary/aromatic N) is 1. The Bertz CT molecular complexity index is 916. The summed E-state index contributed by atoms with van der Waals surface area (Å²) in [4.78, 5) is 28.3. The Morgan fingerprint density at radius 2 is 1.68 bits per heavy atom. The van der Waals surface area contributed by atoms with E-state index in [0.29, 0.717) is 22.8 Å². The van der Waals surface area contributed by atoms with Crippen molar-refractivity contribution in [3.63, 3.8) is 0 Å². The van der Waals surface area contributed by atoms with Crippen molar-refractivity contribution in [3.8, 4) is 5.75 Å². The number of thioether (sulfide) groups is 1. The van der Waals surface area contributed by atoms with E-state index in [1.54, 1.807) is 0 Å². The average Bonchev–Trinajstić information content (AvgIpc) is 2.91. The van der Waals surface area contributed by atoms with Crippen LogP contribution in [0.2, 0.25) is 0 Å². The normalized spacial score (nSPS) is 14.4. The molecule has 0 saturated carbocycles. The molecule has 2 aromatic rings. The number of aryl methyl sites for hydroxylation is 1. The van der Waals surface area contributed by atoms with Crippen LogP contribution in [0.5, 0.6) is 5.75 Å². The Morgan fingerprint density at radius 1 is 1.00 bits per heavy atom. The van der Waals surface area contributed by atoms with Crippen LogP contribution < -0.4 is 9.64 Å². The number of anilines is 1. The minimum Gasteiger partial charge on any atom is -0.494 e. The second-order valence-corrected chi connectivity index (χ2v) is 8.56. The van der Waals surface area contributed by atoms with Crippen molar-refractivity contribution < 1.29 is 14.3 Å². The van der Waals surface area contributed by atoms with Gasteiger partial charge in [-0.1, -0.05) is 51.1 Å². The summed E-state index contributed by atoms with van der Waals surface area (Å²) in [5, 5.41) is 0.186. The first-order valence-electron chi connectivity index (χ1n) is 9.52. The van der Waals surface area contributed by atoms with Crippen molar-refractivity contribution in [3.05, 3.63) is 64.6 Å². The summed E-state index contributed by atoms with van der Waals surface area (Å²) in [6.45, 7) is 8.64. The molecule has 1 aliphatic heterocycles. The lowest BCUT2D eigenvalue weighted by Crippen LogP contribution is -2.32. The zero-order valence-electron chi connectivity index (χ0n) is 16.7. The van der Waals surface area contributed by atoms with E-state index >= 15 is 0 Å². The highest BCUT2D eigenvalue weighted by Gasteiger charge is 2.40. The van der Waals surface area contributed by atoms with E-state index in [9.17, 15) is 9.59 Å². The van der Waals surface area contributed by atoms with Gasteiger partial charge in [-0.3, -0.25) is 9.59 Å². The highest BCUT2D eigenvalue weighted by atomic mass is 32.2. The van der Waals surface area contributed by atoms with Crippen molar-refractivity contribution in [2.75, 3.05) is 11.5 Å². The molecule has 0 radical (unpaired) electrons. The van der Waals surface area contributed by atoms with Crippen LogP contribution in [0.1, 0.15) is 38.3 Å². The van der Waals surface area contributed by atoms with Crippen molar-refractivity contribution in [2.45, 2.75) is 39.4 Å². The van der Waals surface area contributed by atoms with Crippen molar-refractivity contribution in [1.29, 1.82) is 0 Å². The van der Waals surface area contributed by atoms with E-state index in [1.165, 1.54) is 16.7 Å². The number of ether oxygens (including phenoxy) is 1. The number of benzene rings is 2. The van der Waals surface area contributed by atoms with Crippen LogP contribution in [0.3, 0.4) is 0 Å². The molecule has 0 spiro atoms. The molecular weight excluding hydrogens is 370 g/mol. The van der Waals surface area contributed by atoms with Crippen molar-refractivity contribution in [2.24, 2.45) is 0 Å². The number of carbonyl (C=O) groups is 2. The molecule has 0 aromatic heterocycles. The van der Waals surface area contributed by atoms with Crippen LogP contribution in [0.15, 0.2) is 53.4 Å². The predicted molar refractivity (Wildman–Crippen MR) is 116 cm³/mol. The van der Waals surface area contributed by atoms with E-state index in [4.69, 9.17) is 4.74 Å². The molecule has 4 nitrogen and oxygen atoms in total. The van der Waals surface area contributed by atoms with Gasteiger partial charge in [0.1, 0.15) is 5.75 Å². The zero-order valence-corrected chi connectivity index (χ0v) is 17.5. The number of carbonyl (C=O) groups excluding carboxylic acids is 2. The zero-order chi connectivity index (χ0) is 20.3. The molecule has 0 unspecified atom stereocenters. The monoisotopic (exact) mass is 395 g/mol. The first kappa shape index (κ1) is 20.2. The SMILES string of the molecule is CCCOc1ccc(C2=C(SC(C)C)C(=O)N(c3ccccc3C)C2=O)cc1. The molecule has 1 aliphatic rings. The number of rotatable bonds is 7. The van der Waals surface area contributed by atoms with Gasteiger partial charge in [-0.15, -0.1) is 11.8 Å². The fraction of sp³-hybridized carbons (Fsp3) is 0.304. The van der Waals surface area contributed by atoms with Gasteiger partial charge in [0.25, 0.3) is 11.8 Å². The number of hydrogen-bond donors (Lipinski definition) is 0. The topological polar surface area (TPSA) is 46.6 Å². The lowest BCUT2D eigenvalue weighted by Gasteiger charge is -2.17. The highest BCUT2D eigenvalue weighted by molar-refractivity contribution is 8.04. The summed E-state index contributed by atoms with van der Waals surface area (Å²) in [6.07, 6.45) is 0.931. The van der Waals surface area contributed by atoms with E-state index in [-0.39, 0.29) is 17.1 Å². The molecule has 3 rings (SSSR count). The fourth-order valence-corrected chi connectivity index (χ4v) is 4.07. The van der Waals surface area contributed by atoms with Gasteiger partial charge < -0.3 is 4.74 Å². The molecule has 146 valence electrons. The standard InChI is InChI=1S/C23H25NO3S/c1-5-14-27-18-12-10-17(11-13-18)20-21(28-15(2)3)23(26)24(22(20)25)19-9-7-6-8-16(19)4/h6-13,15H,5,14H2,1-4H3. The minimum absolute atomic E-state index is 0.186. The third kappa shape index (κ3) is 3.99. The molecule has 28 heavy (non-hydrogen) atoms. The first-order valence-corrected chi connectivity index (χ1v) is 10.4. The fourth-order valence-electron chi connectivity index (χ4n) is 3.08. The molecule has 2 aromatic carbocycles. The summed E-state index contributed by atoms with van der Waals surface area (Å²) < 4.78 is 5.63. The maximum absolute atomic E-state index is 13.3. The molecule has 0 saturated heterocycles. The number of imide groups is 1. The Labute approximate surface area is 170 Å². The van der Waals surface area contributed by atoms with Crippen LogP contribution in [0.25, 0.3) is 5.57 Å². The van der Waals surface area contributed by atoms with Crippen molar-refractivity contribution >= 4 is 34.8 Å². The lowest BCUT2D eigenvalue weighted by molar-refractivity contribution is -0.119. The Balaban J connectivity index is 2.02. The third-order valence-corrected chi connectivity index (χ3v) is 5.45. The highest BCUT2D eigenvalue weighted by Crippen LogP contribution is 2.40. The van der Waals surface area contributed by atoms with Gasteiger partial charge in [-0.05, 0) is 42.7 Å². The predicted octanol–water partition coefficient (Wildman–Crippen LogP) is 5.21. The molecule has 0 atom stereocenters. The van der Waals surface area contributed by atoms with Gasteiger partial charge in [-0.2, -0.15) is 0 Å². The summed E-state index contributed by atoms with van der Waals surface area (Å²) in [6, 6.07) is 14.9. The van der Waals surface area contributed by atoms with Gasteiger partial charge in [0.2, 0.25) is 0 Å². The number of amides is 2. The molecular formula is C23H25NO3S. The van der Waals surface area contributed by atoms with E-state index in [2.05, 4.69) is 6.92 Å². The maximum atomic E-state index is 13.3. The Morgan fingerprint density at radius 3 is 2.29 bits per heavy atom. The number of hydrogen-bond acceptors (Lipinski definition) is 4. The average molecular weight is 396 g/mol. The molecule has 0 fully saturated rings. The van der Waals surface area contributed by atoms with Crippen LogP contribution in [0, 0.1) is 6.92 Å². The molecule has 5 heteroatoms. The van der Waals surface area contributed by atoms with Gasteiger partial charge in [0.15, 0.2) is 0 Å². The van der Waals surface area contributed by atoms with Crippen molar-refractivity contribution in [1.82, 2.24) is 0 Å². The molecule has 0 aliphatic carbocycles. The van der Waals surface area contributed by atoms with Crippen LogP contribution in [0.4, 0.5) is 5.69 Å². The minimum atomic E-state index is -0.273. The molecule has 0 N–H and O–H groups in total. The summed E-state index contributed by atoms with van der Waals surface area (Å²) in [5.74, 6) is 0.237. The summed E-state index contributed by atoms with van der Waals surface area (Å²) in [7, 11) is 0. The second kappa shape index (κ2) is 8.65. The van der Waals surface area contributed by atoms with Crippen LogP contribution in [-0.4, -0.2) is 23.7 Å². The second-order valence-electron chi connectivity index (χ2n) is 6.98. The Hall–Kier alpha value is -2.53. The quantitative estimate of drug-likeness (QED) is 0.604. The lowest BCUT2D eigenvalue weighted by atomic mass is 10.1. The van der Waals surface area contributed by atoms with E-state index in [0.717, 1.165) is 23.3 Å². The third-order valence-electron chi connectivity index (χ3n) is 4.37. The van der Waals surface area contributed by atoms with E-state index in [1.807, 2.05) is 69.3 Å². The van der Waals surface area contributed by atoms with Gasteiger partial charge >= 0.3 is 0 Å². The van der Waals surface area contributed by atoms with Crippen LogP contribution in [-0.2, 0) is 9.59 Å². The smallest absolute Gasteiger partial charge is 0.272 e. The van der Waals surface area contributed by atoms with E-state index < -0.39 is 0 Å². The molecule has 1 heterocycles. The van der Waals surface area contributed by atoms with Gasteiger partial charge in [0.05, 0.1) is 22.8 Å². The summed E-state index contributed by atoms with van der Waals surface area (Å²) >= 11 is 1.44. The Kier molecular flexibility index (Phi) is 6.25. The molecule has 2 amide bonds. The van der Waals surface area contributed by atoms with Gasteiger partial charge in [0, 0.05) is 5.25 Å².